The van der Waals surface area contributed by atoms with Crippen LogP contribution in [0.5, 0.6) is 0 Å². The highest BCUT2D eigenvalue weighted by Crippen LogP contribution is 2.26. The van der Waals surface area contributed by atoms with Gasteiger partial charge < -0.3 is 10.2 Å². The lowest BCUT2D eigenvalue weighted by Crippen LogP contribution is -2.60. The highest BCUT2D eigenvalue weighted by atomic mass is 79.9. The summed E-state index contributed by atoms with van der Waals surface area (Å²) in [7, 11) is 0. The number of nitrogens with one attached hydrogen (secondary N) is 1. The first kappa shape index (κ1) is 12.6. The first-order chi connectivity index (χ1) is 7.89. The van der Waals surface area contributed by atoms with Gasteiger partial charge in [0.15, 0.2) is 0 Å². The lowest BCUT2D eigenvalue weighted by molar-refractivity contribution is -0.119. The number of carbonyl (C=O) groups is 1. The Bertz CT molecular complexity index is 457. The van der Waals surface area contributed by atoms with Gasteiger partial charge in [-0.2, -0.15) is 0 Å². The van der Waals surface area contributed by atoms with Gasteiger partial charge in [-0.15, -0.1) is 0 Å². The van der Waals surface area contributed by atoms with Crippen LogP contribution >= 0.6 is 15.9 Å². The van der Waals surface area contributed by atoms with Crippen LogP contribution in [0.25, 0.3) is 0 Å². The Hall–Kier alpha value is -0.870. The minimum Gasteiger partial charge on any atom is -0.309 e. The molecule has 0 atom stereocenters. The van der Waals surface area contributed by atoms with Crippen LogP contribution in [-0.2, 0) is 4.79 Å². The Kier molecular flexibility index (Phi) is 3.27. The fourth-order valence-electron chi connectivity index (χ4n) is 2.09. The highest BCUT2D eigenvalue weighted by molar-refractivity contribution is 9.10. The quantitative estimate of drug-likeness (QED) is 0.863. The van der Waals surface area contributed by atoms with Gasteiger partial charge >= 0.3 is 0 Å². The lowest BCUT2D eigenvalue weighted by Gasteiger charge is -2.39. The van der Waals surface area contributed by atoms with Crippen molar-refractivity contribution in [3.8, 4) is 0 Å². The van der Waals surface area contributed by atoms with Crippen molar-refractivity contribution in [2.45, 2.75) is 26.3 Å². The number of benzene rings is 1. The Morgan fingerprint density at radius 3 is 2.76 bits per heavy atom. The number of hydrogen-bond donors (Lipinski definition) is 1. The topological polar surface area (TPSA) is 32.3 Å². The third-order valence-corrected chi connectivity index (χ3v) is 3.52. The molecule has 0 bridgehead atoms. The number of nitrogens with zero attached hydrogens (tertiary/aromatic N) is 1. The summed E-state index contributed by atoms with van der Waals surface area (Å²) in [5.41, 5.74) is 2.09. The average Bonchev–Trinajstić information content (AvgIpc) is 2.22. The van der Waals surface area contributed by atoms with Gasteiger partial charge in [0.25, 0.3) is 0 Å². The summed E-state index contributed by atoms with van der Waals surface area (Å²) in [4.78, 5) is 13.8. The van der Waals surface area contributed by atoms with Gasteiger partial charge in [-0.05, 0) is 44.5 Å². The van der Waals surface area contributed by atoms with Crippen LogP contribution in [0.4, 0.5) is 5.69 Å². The zero-order valence-corrected chi connectivity index (χ0v) is 12.0. The van der Waals surface area contributed by atoms with Gasteiger partial charge in [0.1, 0.15) is 0 Å². The number of anilines is 1. The molecule has 1 amide bonds. The zero-order chi connectivity index (χ0) is 12.6. The Labute approximate surface area is 110 Å². The van der Waals surface area contributed by atoms with Crippen LogP contribution in [0, 0.1) is 6.92 Å². The molecule has 0 aliphatic carbocycles. The SMILES string of the molecule is Cc1cc(Br)ccc1N1CC(C)(C)NCC1=O. The molecule has 17 heavy (non-hydrogen) atoms. The van der Waals surface area contributed by atoms with Crippen LogP contribution in [0.2, 0.25) is 0 Å². The molecule has 4 heteroatoms. The van der Waals surface area contributed by atoms with E-state index in [4.69, 9.17) is 0 Å². The summed E-state index contributed by atoms with van der Waals surface area (Å²) in [5.74, 6) is 0.134. The molecule has 1 aromatic rings. The molecular weight excluding hydrogens is 280 g/mol. The molecule has 1 aliphatic heterocycles. The number of halogens is 1. The second-order valence-electron chi connectivity index (χ2n) is 5.15. The molecule has 0 unspecified atom stereocenters. The van der Waals surface area contributed by atoms with E-state index in [1.807, 2.05) is 30.0 Å². The number of amides is 1. The second kappa shape index (κ2) is 4.42. The van der Waals surface area contributed by atoms with Gasteiger partial charge in [-0.3, -0.25) is 4.79 Å². The maximum absolute atomic E-state index is 12.0. The summed E-state index contributed by atoms with van der Waals surface area (Å²) in [6.07, 6.45) is 0. The number of hydrogen-bond acceptors (Lipinski definition) is 2. The minimum atomic E-state index is -0.0343. The molecule has 1 heterocycles. The molecule has 92 valence electrons. The van der Waals surface area contributed by atoms with Crippen molar-refractivity contribution in [3.05, 3.63) is 28.2 Å². The molecule has 0 spiro atoms. The van der Waals surface area contributed by atoms with Crippen LogP contribution in [0.3, 0.4) is 0 Å². The second-order valence-corrected chi connectivity index (χ2v) is 6.06. The van der Waals surface area contributed by atoms with Crippen molar-refractivity contribution < 1.29 is 4.79 Å². The van der Waals surface area contributed by atoms with E-state index in [1.165, 1.54) is 0 Å². The molecule has 0 radical (unpaired) electrons. The fourth-order valence-corrected chi connectivity index (χ4v) is 2.57. The van der Waals surface area contributed by atoms with E-state index in [0.29, 0.717) is 13.1 Å². The zero-order valence-electron chi connectivity index (χ0n) is 10.4. The van der Waals surface area contributed by atoms with Crippen LogP contribution in [0.1, 0.15) is 19.4 Å². The summed E-state index contributed by atoms with van der Waals surface area (Å²) in [6, 6.07) is 6.01. The predicted molar refractivity (Wildman–Crippen MR) is 73.3 cm³/mol. The number of carbonyl (C=O) groups excluding carboxylic acids is 1. The van der Waals surface area contributed by atoms with E-state index >= 15 is 0 Å². The van der Waals surface area contributed by atoms with Crippen molar-refractivity contribution >= 4 is 27.5 Å². The molecule has 0 saturated carbocycles. The average molecular weight is 297 g/mol. The Morgan fingerprint density at radius 1 is 1.41 bits per heavy atom. The molecule has 1 saturated heterocycles. The standard InChI is InChI=1S/C13H17BrN2O/c1-9-6-10(14)4-5-11(9)16-8-13(2,3)15-7-12(16)17/h4-6,15H,7-8H2,1-3H3. The van der Waals surface area contributed by atoms with Gasteiger partial charge in [0.2, 0.25) is 5.91 Å². The maximum atomic E-state index is 12.0. The number of aryl methyl sites for hydroxylation is 1. The number of rotatable bonds is 1. The van der Waals surface area contributed by atoms with E-state index in [0.717, 1.165) is 15.7 Å². The molecule has 0 aromatic heterocycles. The molecular formula is C13H17BrN2O. The van der Waals surface area contributed by atoms with E-state index in [9.17, 15) is 4.79 Å². The monoisotopic (exact) mass is 296 g/mol. The molecule has 1 aliphatic rings. The largest absolute Gasteiger partial charge is 0.309 e. The first-order valence-corrected chi connectivity index (χ1v) is 6.50. The summed E-state index contributed by atoms with van der Waals surface area (Å²) in [5, 5.41) is 3.24. The van der Waals surface area contributed by atoms with Crippen molar-refractivity contribution in [1.29, 1.82) is 0 Å². The van der Waals surface area contributed by atoms with E-state index < -0.39 is 0 Å². The Morgan fingerprint density at radius 2 is 2.12 bits per heavy atom. The summed E-state index contributed by atoms with van der Waals surface area (Å²) in [6.45, 7) is 7.36. The Balaban J connectivity index is 2.34. The minimum absolute atomic E-state index is 0.0343. The smallest absolute Gasteiger partial charge is 0.241 e. The first-order valence-electron chi connectivity index (χ1n) is 5.71. The fraction of sp³-hybridized carbons (Fsp3) is 0.462. The third kappa shape index (κ3) is 2.69. The van der Waals surface area contributed by atoms with E-state index in [-0.39, 0.29) is 11.4 Å². The van der Waals surface area contributed by atoms with Gasteiger partial charge in [0, 0.05) is 22.2 Å². The van der Waals surface area contributed by atoms with Crippen molar-refractivity contribution in [3.63, 3.8) is 0 Å². The van der Waals surface area contributed by atoms with Crippen LogP contribution in [-0.4, -0.2) is 24.5 Å². The maximum Gasteiger partial charge on any atom is 0.241 e. The molecule has 1 N–H and O–H groups in total. The molecule has 3 nitrogen and oxygen atoms in total. The predicted octanol–water partition coefficient (Wildman–Crippen LogP) is 2.47. The summed E-state index contributed by atoms with van der Waals surface area (Å²) < 4.78 is 1.04. The van der Waals surface area contributed by atoms with Gasteiger partial charge in [-0.25, -0.2) is 0 Å². The van der Waals surface area contributed by atoms with Crippen LogP contribution < -0.4 is 10.2 Å². The summed E-state index contributed by atoms with van der Waals surface area (Å²) >= 11 is 3.44. The molecule has 1 fully saturated rings. The van der Waals surface area contributed by atoms with Crippen molar-refractivity contribution in [2.75, 3.05) is 18.0 Å². The van der Waals surface area contributed by atoms with Crippen molar-refractivity contribution in [1.82, 2.24) is 5.32 Å². The third-order valence-electron chi connectivity index (χ3n) is 3.02. The molecule has 1 aromatic carbocycles. The normalized spacial score (nSPS) is 19.5. The molecule has 2 rings (SSSR count). The lowest BCUT2D eigenvalue weighted by atomic mass is 10.0. The van der Waals surface area contributed by atoms with Gasteiger partial charge in [-0.1, -0.05) is 15.9 Å². The van der Waals surface area contributed by atoms with Crippen LogP contribution in [0.15, 0.2) is 22.7 Å². The van der Waals surface area contributed by atoms with Crippen molar-refractivity contribution in [2.24, 2.45) is 0 Å². The van der Waals surface area contributed by atoms with E-state index in [1.54, 1.807) is 0 Å². The van der Waals surface area contributed by atoms with E-state index in [2.05, 4.69) is 35.1 Å². The van der Waals surface area contributed by atoms with Gasteiger partial charge in [0.05, 0.1) is 6.54 Å². The number of piperazine rings is 1. The highest BCUT2D eigenvalue weighted by Gasteiger charge is 2.31.